The van der Waals surface area contributed by atoms with E-state index in [2.05, 4.69) is 10.3 Å². The van der Waals surface area contributed by atoms with Crippen LogP contribution in [0, 0.1) is 10.1 Å². The fraction of sp³-hybridized carbons (Fsp3) is 0.357. The van der Waals surface area contributed by atoms with Crippen molar-refractivity contribution in [3.63, 3.8) is 0 Å². The second-order valence-corrected chi connectivity index (χ2v) is 4.58. The quantitative estimate of drug-likeness (QED) is 0.459. The Kier molecular flexibility index (Phi) is 5.14. The van der Waals surface area contributed by atoms with E-state index >= 15 is 0 Å². The number of rotatable bonds is 8. The lowest BCUT2D eigenvalue weighted by Crippen LogP contribution is -2.08. The van der Waals surface area contributed by atoms with E-state index in [1.807, 2.05) is 30.3 Å². The standard InChI is InChI=1S/C14H18N4O3/c1-17-11-16-14(18(19)20)13(17)15-9-5-6-10-21-12-7-3-2-4-8-12/h2-4,7-8,11,15H,5-6,9-10H2,1H3. The number of aromatic nitrogens is 2. The summed E-state index contributed by atoms with van der Waals surface area (Å²) < 4.78 is 7.19. The van der Waals surface area contributed by atoms with Crippen LogP contribution in [0.3, 0.4) is 0 Å². The molecule has 0 fully saturated rings. The molecule has 7 heteroatoms. The second kappa shape index (κ2) is 7.28. The lowest BCUT2D eigenvalue weighted by atomic mass is 10.3. The Morgan fingerprint density at radius 1 is 1.33 bits per heavy atom. The Morgan fingerprint density at radius 3 is 2.81 bits per heavy atom. The molecule has 0 unspecified atom stereocenters. The van der Waals surface area contributed by atoms with Crippen LogP contribution in [0.5, 0.6) is 5.75 Å². The summed E-state index contributed by atoms with van der Waals surface area (Å²) in [5, 5.41) is 13.8. The number of hydrogen-bond donors (Lipinski definition) is 1. The van der Waals surface area contributed by atoms with Gasteiger partial charge in [0.1, 0.15) is 5.75 Å². The molecule has 0 spiro atoms. The third kappa shape index (κ3) is 4.20. The number of nitrogens with zero attached hydrogens (tertiary/aromatic N) is 3. The molecule has 2 rings (SSSR count). The Hall–Kier alpha value is -2.57. The molecule has 112 valence electrons. The molecule has 0 aliphatic carbocycles. The molecule has 0 saturated heterocycles. The highest BCUT2D eigenvalue weighted by Crippen LogP contribution is 2.20. The summed E-state index contributed by atoms with van der Waals surface area (Å²) in [5.74, 6) is 1.15. The number of imidazole rings is 1. The van der Waals surface area contributed by atoms with Crippen LogP contribution in [0.25, 0.3) is 0 Å². The number of unbranched alkanes of at least 4 members (excludes halogenated alkanes) is 1. The molecule has 0 bridgehead atoms. The van der Waals surface area contributed by atoms with Gasteiger partial charge >= 0.3 is 5.82 Å². The summed E-state index contributed by atoms with van der Waals surface area (Å²) in [5.41, 5.74) is 0. The van der Waals surface area contributed by atoms with Gasteiger partial charge in [-0.3, -0.25) is 4.57 Å². The van der Waals surface area contributed by atoms with Crippen LogP contribution in [-0.4, -0.2) is 27.6 Å². The summed E-state index contributed by atoms with van der Waals surface area (Å²) in [6.45, 7) is 1.26. The number of nitrogens with one attached hydrogen (secondary N) is 1. The molecule has 0 amide bonds. The van der Waals surface area contributed by atoms with Gasteiger partial charge in [0.15, 0.2) is 0 Å². The zero-order valence-electron chi connectivity index (χ0n) is 11.9. The SMILES string of the molecule is Cn1cnc([N+](=O)[O-])c1NCCCCOc1ccccc1. The van der Waals surface area contributed by atoms with Gasteiger partial charge in [0.05, 0.1) is 6.61 Å². The first-order chi connectivity index (χ1) is 10.2. The Labute approximate surface area is 122 Å². The molecule has 0 radical (unpaired) electrons. The average molecular weight is 290 g/mol. The fourth-order valence-electron chi connectivity index (χ4n) is 1.90. The first-order valence-corrected chi connectivity index (χ1v) is 6.76. The Bertz CT molecular complexity index is 583. The van der Waals surface area contributed by atoms with Crippen LogP contribution in [0.4, 0.5) is 11.6 Å². The van der Waals surface area contributed by atoms with Crippen molar-refractivity contribution >= 4 is 11.6 Å². The maximum atomic E-state index is 10.8. The lowest BCUT2D eigenvalue weighted by Gasteiger charge is -2.07. The molecule has 1 aromatic carbocycles. The van der Waals surface area contributed by atoms with Crippen molar-refractivity contribution in [3.8, 4) is 5.75 Å². The van der Waals surface area contributed by atoms with Crippen LogP contribution in [0.1, 0.15) is 12.8 Å². The summed E-state index contributed by atoms with van der Waals surface area (Å²) >= 11 is 0. The first-order valence-electron chi connectivity index (χ1n) is 6.76. The maximum absolute atomic E-state index is 10.8. The van der Waals surface area contributed by atoms with Gasteiger partial charge in [0.25, 0.3) is 0 Å². The van der Waals surface area contributed by atoms with Crippen molar-refractivity contribution in [2.75, 3.05) is 18.5 Å². The molecule has 1 heterocycles. The van der Waals surface area contributed by atoms with Crippen LogP contribution in [0.2, 0.25) is 0 Å². The molecular weight excluding hydrogens is 272 g/mol. The van der Waals surface area contributed by atoms with Gasteiger partial charge in [0.2, 0.25) is 12.1 Å². The summed E-state index contributed by atoms with van der Waals surface area (Å²) in [6, 6.07) is 9.63. The number of ether oxygens (including phenoxy) is 1. The molecule has 1 aromatic heterocycles. The van der Waals surface area contributed by atoms with Crippen molar-refractivity contribution in [2.24, 2.45) is 7.05 Å². The highest BCUT2D eigenvalue weighted by Gasteiger charge is 2.18. The highest BCUT2D eigenvalue weighted by molar-refractivity contribution is 5.51. The van der Waals surface area contributed by atoms with Gasteiger partial charge in [-0.2, -0.15) is 0 Å². The van der Waals surface area contributed by atoms with Crippen molar-refractivity contribution < 1.29 is 9.66 Å². The van der Waals surface area contributed by atoms with Crippen molar-refractivity contribution in [3.05, 3.63) is 46.8 Å². The molecule has 0 aliphatic heterocycles. The van der Waals surface area contributed by atoms with E-state index in [0.717, 1.165) is 18.6 Å². The summed E-state index contributed by atoms with van der Waals surface area (Å²) in [4.78, 5) is 14.1. The van der Waals surface area contributed by atoms with E-state index in [-0.39, 0.29) is 5.82 Å². The molecule has 0 aliphatic rings. The van der Waals surface area contributed by atoms with Gasteiger partial charge in [-0.15, -0.1) is 0 Å². The predicted molar refractivity (Wildman–Crippen MR) is 79.5 cm³/mol. The Morgan fingerprint density at radius 2 is 2.10 bits per heavy atom. The summed E-state index contributed by atoms with van der Waals surface area (Å²) in [7, 11) is 1.72. The molecule has 2 aromatic rings. The van der Waals surface area contributed by atoms with E-state index in [0.29, 0.717) is 19.0 Å². The normalized spacial score (nSPS) is 10.3. The average Bonchev–Trinajstić information content (AvgIpc) is 2.85. The fourth-order valence-corrected chi connectivity index (χ4v) is 1.90. The lowest BCUT2D eigenvalue weighted by molar-refractivity contribution is -0.388. The minimum absolute atomic E-state index is 0.141. The monoisotopic (exact) mass is 290 g/mol. The molecular formula is C14H18N4O3. The number of benzene rings is 1. The smallest absolute Gasteiger partial charge is 0.406 e. The third-order valence-corrected chi connectivity index (χ3v) is 2.97. The van der Waals surface area contributed by atoms with E-state index in [4.69, 9.17) is 4.74 Å². The second-order valence-electron chi connectivity index (χ2n) is 4.58. The van der Waals surface area contributed by atoms with E-state index in [1.165, 1.54) is 6.33 Å². The third-order valence-electron chi connectivity index (χ3n) is 2.97. The molecule has 1 N–H and O–H groups in total. The minimum Gasteiger partial charge on any atom is -0.494 e. The number of hydrogen-bond acceptors (Lipinski definition) is 5. The van der Waals surface area contributed by atoms with Crippen LogP contribution in [-0.2, 0) is 7.05 Å². The molecule has 7 nitrogen and oxygen atoms in total. The van der Waals surface area contributed by atoms with Crippen molar-refractivity contribution in [1.82, 2.24) is 9.55 Å². The zero-order valence-corrected chi connectivity index (χ0v) is 11.9. The van der Waals surface area contributed by atoms with Gasteiger partial charge < -0.3 is 20.2 Å². The molecule has 0 saturated carbocycles. The number of para-hydroxylation sites is 1. The van der Waals surface area contributed by atoms with E-state index in [1.54, 1.807) is 11.6 Å². The topological polar surface area (TPSA) is 82.2 Å². The minimum atomic E-state index is -0.485. The molecule has 21 heavy (non-hydrogen) atoms. The summed E-state index contributed by atoms with van der Waals surface area (Å²) in [6.07, 6.45) is 3.15. The Balaban J connectivity index is 1.68. The van der Waals surface area contributed by atoms with Gasteiger partial charge in [-0.25, -0.2) is 0 Å². The van der Waals surface area contributed by atoms with Crippen LogP contribution < -0.4 is 10.1 Å². The van der Waals surface area contributed by atoms with Gasteiger partial charge in [0, 0.05) is 13.6 Å². The zero-order chi connectivity index (χ0) is 15.1. The number of aryl methyl sites for hydroxylation is 1. The van der Waals surface area contributed by atoms with Crippen molar-refractivity contribution in [2.45, 2.75) is 12.8 Å². The van der Waals surface area contributed by atoms with Crippen molar-refractivity contribution in [1.29, 1.82) is 0 Å². The van der Waals surface area contributed by atoms with E-state index in [9.17, 15) is 10.1 Å². The van der Waals surface area contributed by atoms with Gasteiger partial charge in [-0.1, -0.05) is 18.2 Å². The largest absolute Gasteiger partial charge is 0.494 e. The van der Waals surface area contributed by atoms with E-state index < -0.39 is 4.92 Å². The van der Waals surface area contributed by atoms with Gasteiger partial charge in [-0.05, 0) is 34.9 Å². The predicted octanol–water partition coefficient (Wildman–Crippen LogP) is 2.60. The maximum Gasteiger partial charge on any atom is 0.406 e. The molecule has 0 atom stereocenters. The van der Waals surface area contributed by atoms with Crippen LogP contribution in [0.15, 0.2) is 36.7 Å². The highest BCUT2D eigenvalue weighted by atomic mass is 16.6. The number of nitro groups is 1. The first kappa shape index (κ1) is 14.8. The van der Waals surface area contributed by atoms with Crippen LogP contribution >= 0.6 is 0 Å². The number of anilines is 1.